The molecular weight excluding hydrogens is 198 g/mol. The van der Waals surface area contributed by atoms with Crippen LogP contribution in [-0.2, 0) is 5.54 Å². The van der Waals surface area contributed by atoms with Crippen LogP contribution in [0.5, 0.6) is 0 Å². The zero-order valence-electron chi connectivity index (χ0n) is 10.4. The second-order valence-corrected chi connectivity index (χ2v) is 5.54. The van der Waals surface area contributed by atoms with Crippen molar-refractivity contribution in [2.75, 3.05) is 6.54 Å². The molecule has 1 saturated carbocycles. The van der Waals surface area contributed by atoms with Crippen molar-refractivity contribution in [2.45, 2.75) is 57.4 Å². The smallest absolute Gasteiger partial charge is 0.0953 e. The molecule has 0 radical (unpaired) electrons. The minimum atomic E-state index is -0.0106. The molecule has 1 aliphatic rings. The molecule has 0 atom stereocenters. The van der Waals surface area contributed by atoms with Crippen molar-refractivity contribution >= 4 is 0 Å². The van der Waals surface area contributed by atoms with Gasteiger partial charge in [0.1, 0.15) is 0 Å². The molecule has 1 aromatic rings. The van der Waals surface area contributed by atoms with E-state index in [0.717, 1.165) is 0 Å². The van der Waals surface area contributed by atoms with Crippen LogP contribution in [0, 0.1) is 0 Å². The second-order valence-electron chi connectivity index (χ2n) is 5.54. The Morgan fingerprint density at radius 2 is 2.06 bits per heavy atom. The lowest BCUT2D eigenvalue weighted by atomic mass is 9.86. The zero-order valence-corrected chi connectivity index (χ0v) is 10.4. The third-order valence-electron chi connectivity index (χ3n) is 3.84. The molecule has 2 N–H and O–H groups in total. The van der Waals surface area contributed by atoms with Gasteiger partial charge in [-0.1, -0.05) is 19.3 Å². The lowest BCUT2D eigenvalue weighted by molar-refractivity contribution is 0.332. The highest BCUT2D eigenvalue weighted by Crippen LogP contribution is 2.34. The van der Waals surface area contributed by atoms with Crippen molar-refractivity contribution in [1.29, 1.82) is 0 Å². The molecule has 1 fully saturated rings. The Balaban J connectivity index is 2.24. The second kappa shape index (κ2) is 4.58. The molecule has 3 nitrogen and oxygen atoms in total. The minimum absolute atomic E-state index is 0.0106. The van der Waals surface area contributed by atoms with E-state index < -0.39 is 0 Å². The van der Waals surface area contributed by atoms with Crippen LogP contribution in [0.4, 0.5) is 0 Å². The van der Waals surface area contributed by atoms with E-state index >= 15 is 0 Å². The summed E-state index contributed by atoms with van der Waals surface area (Å²) in [5.74, 6) is 0.696. The number of rotatable bonds is 3. The number of imidazole rings is 1. The lowest BCUT2D eigenvalue weighted by Crippen LogP contribution is -2.36. The van der Waals surface area contributed by atoms with E-state index in [1.54, 1.807) is 0 Å². The van der Waals surface area contributed by atoms with Gasteiger partial charge in [-0.25, -0.2) is 4.98 Å². The number of nitrogens with two attached hydrogens (primary N) is 1. The Morgan fingerprint density at radius 1 is 1.38 bits per heavy atom. The van der Waals surface area contributed by atoms with Crippen LogP contribution >= 0.6 is 0 Å². The Labute approximate surface area is 98.1 Å². The monoisotopic (exact) mass is 221 g/mol. The molecular formula is C13H23N3. The summed E-state index contributed by atoms with van der Waals surface area (Å²) >= 11 is 0. The highest BCUT2D eigenvalue weighted by Gasteiger charge is 2.25. The minimum Gasteiger partial charge on any atom is -0.328 e. The maximum Gasteiger partial charge on any atom is 0.0953 e. The largest absolute Gasteiger partial charge is 0.328 e. The molecule has 90 valence electrons. The van der Waals surface area contributed by atoms with E-state index in [9.17, 15) is 0 Å². The van der Waals surface area contributed by atoms with E-state index in [4.69, 9.17) is 5.73 Å². The summed E-state index contributed by atoms with van der Waals surface area (Å²) in [6.07, 6.45) is 10.7. The zero-order chi connectivity index (χ0) is 11.6. The molecule has 2 rings (SSSR count). The van der Waals surface area contributed by atoms with Crippen LogP contribution in [0.25, 0.3) is 0 Å². The summed E-state index contributed by atoms with van der Waals surface area (Å²) in [4.78, 5) is 4.32. The maximum absolute atomic E-state index is 5.85. The number of hydrogen-bond acceptors (Lipinski definition) is 2. The fraction of sp³-hybridized carbons (Fsp3) is 0.769. The molecule has 0 spiro atoms. The predicted molar refractivity (Wildman–Crippen MR) is 66.4 cm³/mol. The Bertz CT molecular complexity index is 335. The molecule has 1 aliphatic carbocycles. The quantitative estimate of drug-likeness (QED) is 0.852. The van der Waals surface area contributed by atoms with Crippen LogP contribution in [0.15, 0.2) is 12.5 Å². The van der Waals surface area contributed by atoms with E-state index in [2.05, 4.69) is 23.4 Å². The molecule has 0 aromatic carbocycles. The van der Waals surface area contributed by atoms with Gasteiger partial charge < -0.3 is 10.3 Å². The van der Waals surface area contributed by atoms with E-state index in [-0.39, 0.29) is 5.54 Å². The summed E-state index contributed by atoms with van der Waals surface area (Å²) in [5.41, 5.74) is 7.22. The van der Waals surface area contributed by atoms with E-state index in [0.29, 0.717) is 12.5 Å². The Hall–Kier alpha value is -0.830. The molecule has 3 heteroatoms. The van der Waals surface area contributed by atoms with Crippen LogP contribution < -0.4 is 5.73 Å². The molecule has 0 amide bonds. The van der Waals surface area contributed by atoms with Crippen molar-refractivity contribution in [3.05, 3.63) is 18.2 Å². The molecule has 0 bridgehead atoms. The fourth-order valence-electron chi connectivity index (χ4n) is 2.61. The standard InChI is InChI=1S/C13H23N3/c1-13(2,9-14)16-10-15-8-12(16)11-6-4-3-5-7-11/h8,10-11H,3-7,9,14H2,1-2H3. The van der Waals surface area contributed by atoms with Gasteiger partial charge in [0.15, 0.2) is 0 Å². The normalized spacial score (nSPS) is 18.9. The molecule has 0 aliphatic heterocycles. The van der Waals surface area contributed by atoms with Crippen molar-refractivity contribution in [2.24, 2.45) is 5.73 Å². The predicted octanol–water partition coefficient (Wildman–Crippen LogP) is 2.62. The molecule has 1 aromatic heterocycles. The molecule has 0 unspecified atom stereocenters. The average molecular weight is 221 g/mol. The summed E-state index contributed by atoms with van der Waals surface area (Å²) in [7, 11) is 0. The topological polar surface area (TPSA) is 43.8 Å². The maximum atomic E-state index is 5.85. The van der Waals surface area contributed by atoms with Crippen molar-refractivity contribution in [3.63, 3.8) is 0 Å². The molecule has 0 saturated heterocycles. The van der Waals surface area contributed by atoms with Gasteiger partial charge in [-0.3, -0.25) is 0 Å². The van der Waals surface area contributed by atoms with Gasteiger partial charge >= 0.3 is 0 Å². The fourth-order valence-corrected chi connectivity index (χ4v) is 2.61. The van der Waals surface area contributed by atoms with Crippen LogP contribution in [0.3, 0.4) is 0 Å². The first kappa shape index (κ1) is 11.6. The third kappa shape index (κ3) is 2.14. The highest BCUT2D eigenvalue weighted by atomic mass is 15.1. The number of hydrogen-bond donors (Lipinski definition) is 1. The first-order valence-electron chi connectivity index (χ1n) is 6.38. The van der Waals surface area contributed by atoms with Gasteiger partial charge in [0, 0.05) is 24.4 Å². The Kier molecular flexibility index (Phi) is 3.33. The summed E-state index contributed by atoms with van der Waals surface area (Å²) in [6, 6.07) is 0. The van der Waals surface area contributed by atoms with Gasteiger partial charge in [-0.2, -0.15) is 0 Å². The third-order valence-corrected chi connectivity index (χ3v) is 3.84. The summed E-state index contributed by atoms with van der Waals surface area (Å²) in [5, 5.41) is 0. The van der Waals surface area contributed by atoms with Crippen molar-refractivity contribution in [3.8, 4) is 0 Å². The molecule has 16 heavy (non-hydrogen) atoms. The van der Waals surface area contributed by atoms with Crippen LogP contribution in [0.1, 0.15) is 57.6 Å². The lowest BCUT2D eigenvalue weighted by Gasteiger charge is -2.31. The summed E-state index contributed by atoms with van der Waals surface area (Å²) in [6.45, 7) is 5.02. The number of nitrogens with zero attached hydrogens (tertiary/aromatic N) is 2. The van der Waals surface area contributed by atoms with E-state index in [1.165, 1.54) is 37.8 Å². The van der Waals surface area contributed by atoms with Crippen molar-refractivity contribution < 1.29 is 0 Å². The molecule has 1 heterocycles. The Morgan fingerprint density at radius 3 is 2.69 bits per heavy atom. The van der Waals surface area contributed by atoms with Gasteiger partial charge in [-0.05, 0) is 26.7 Å². The number of aromatic nitrogens is 2. The van der Waals surface area contributed by atoms with Gasteiger partial charge in [0.25, 0.3) is 0 Å². The van der Waals surface area contributed by atoms with Crippen LogP contribution in [0.2, 0.25) is 0 Å². The average Bonchev–Trinajstić information content (AvgIpc) is 2.80. The first-order chi connectivity index (χ1) is 7.65. The van der Waals surface area contributed by atoms with Crippen LogP contribution in [-0.4, -0.2) is 16.1 Å². The van der Waals surface area contributed by atoms with E-state index in [1.807, 2.05) is 12.5 Å². The summed E-state index contributed by atoms with van der Waals surface area (Å²) < 4.78 is 2.28. The van der Waals surface area contributed by atoms with Crippen molar-refractivity contribution in [1.82, 2.24) is 9.55 Å². The van der Waals surface area contributed by atoms with Gasteiger partial charge in [0.2, 0.25) is 0 Å². The highest BCUT2D eigenvalue weighted by molar-refractivity contribution is 5.10. The van der Waals surface area contributed by atoms with Gasteiger partial charge in [0.05, 0.1) is 11.9 Å². The first-order valence-corrected chi connectivity index (χ1v) is 6.38. The SMILES string of the molecule is CC(C)(CN)n1cncc1C1CCCCC1. The van der Waals surface area contributed by atoms with Gasteiger partial charge in [-0.15, -0.1) is 0 Å².